The highest BCUT2D eigenvalue weighted by Crippen LogP contribution is 2.16. The van der Waals surface area contributed by atoms with Crippen molar-refractivity contribution in [2.75, 3.05) is 13.2 Å². The summed E-state index contributed by atoms with van der Waals surface area (Å²) in [7, 11) is 0. The fourth-order valence-electron chi connectivity index (χ4n) is 2.15. The van der Waals surface area contributed by atoms with Gasteiger partial charge in [0.25, 0.3) is 5.88 Å². The molecule has 0 saturated carbocycles. The van der Waals surface area contributed by atoms with Crippen molar-refractivity contribution in [1.82, 2.24) is 10.5 Å². The number of benzene rings is 1. The molecular formula is C15H16N2O4. The van der Waals surface area contributed by atoms with Gasteiger partial charge in [-0.1, -0.05) is 18.2 Å². The first-order valence-corrected chi connectivity index (χ1v) is 6.91. The van der Waals surface area contributed by atoms with Crippen molar-refractivity contribution in [1.29, 1.82) is 0 Å². The number of nitrogens with zero attached hydrogens (tertiary/aromatic N) is 1. The lowest BCUT2D eigenvalue weighted by molar-refractivity contribution is 0.0690. The molecule has 1 aliphatic heterocycles. The van der Waals surface area contributed by atoms with Crippen molar-refractivity contribution in [3.05, 3.63) is 42.2 Å². The Hall–Kier alpha value is -2.34. The van der Waals surface area contributed by atoms with E-state index in [1.807, 2.05) is 6.07 Å². The third-order valence-corrected chi connectivity index (χ3v) is 3.24. The molecule has 1 N–H and O–H groups in total. The molecule has 21 heavy (non-hydrogen) atoms. The minimum atomic E-state index is -0.595. The molecule has 110 valence electrons. The number of nitrogens with one attached hydrogen (secondary N) is 1. The maximum Gasteiger partial charge on any atom is 0.382 e. The zero-order valence-corrected chi connectivity index (χ0v) is 11.5. The van der Waals surface area contributed by atoms with Crippen molar-refractivity contribution in [2.45, 2.75) is 18.9 Å². The number of hydrogen-bond donors (Lipinski definition) is 1. The zero-order valence-electron chi connectivity index (χ0n) is 11.5. The third kappa shape index (κ3) is 3.61. The molecule has 2 aromatic rings. The van der Waals surface area contributed by atoms with Crippen molar-refractivity contribution in [3.8, 4) is 11.6 Å². The van der Waals surface area contributed by atoms with Gasteiger partial charge in [0.05, 0.1) is 6.07 Å². The number of carbonyl (C=O) groups is 1. The number of aromatic nitrogens is 1. The van der Waals surface area contributed by atoms with E-state index in [1.165, 1.54) is 6.07 Å². The van der Waals surface area contributed by atoms with Crippen LogP contribution in [0.1, 0.15) is 23.4 Å². The van der Waals surface area contributed by atoms with Crippen molar-refractivity contribution in [3.63, 3.8) is 0 Å². The van der Waals surface area contributed by atoms with E-state index in [4.69, 9.17) is 14.0 Å². The van der Waals surface area contributed by atoms with Crippen LogP contribution >= 0.6 is 0 Å². The topological polar surface area (TPSA) is 73.6 Å². The average Bonchev–Trinajstić information content (AvgIpc) is 3.18. The molecule has 0 radical (unpaired) electrons. The maximum absolute atomic E-state index is 11.9. The van der Waals surface area contributed by atoms with E-state index in [2.05, 4.69) is 10.5 Å². The molecule has 0 amide bonds. The summed E-state index contributed by atoms with van der Waals surface area (Å²) in [6.45, 7) is 1.53. The van der Waals surface area contributed by atoms with Crippen molar-refractivity contribution < 1.29 is 18.8 Å². The van der Waals surface area contributed by atoms with Gasteiger partial charge < -0.3 is 19.3 Å². The highest BCUT2D eigenvalue weighted by molar-refractivity contribution is 5.88. The summed E-state index contributed by atoms with van der Waals surface area (Å²) in [5.74, 6) is 0.177. The standard InChI is InChI=1S/C15H16N2O4/c18-15(20-12-6-2-1-3-7-12)13-9-14(17-21-13)19-10-11-5-4-8-16-11/h1-3,6-7,9,11,16H,4-5,8,10H2/t11-/m0/s1. The third-order valence-electron chi connectivity index (χ3n) is 3.24. The molecule has 0 unspecified atom stereocenters. The summed E-state index contributed by atoms with van der Waals surface area (Å²) in [5, 5.41) is 7.03. The van der Waals surface area contributed by atoms with Crippen LogP contribution in [-0.4, -0.2) is 30.3 Å². The van der Waals surface area contributed by atoms with Crippen LogP contribution in [0.4, 0.5) is 0 Å². The van der Waals surface area contributed by atoms with E-state index >= 15 is 0 Å². The molecule has 1 fully saturated rings. The number of ether oxygens (including phenoxy) is 2. The molecule has 3 rings (SSSR count). The number of esters is 1. The van der Waals surface area contributed by atoms with Gasteiger partial charge in [-0.3, -0.25) is 0 Å². The molecular weight excluding hydrogens is 272 g/mol. The summed E-state index contributed by atoms with van der Waals surface area (Å²) >= 11 is 0. The Balaban J connectivity index is 1.55. The fraction of sp³-hybridized carbons (Fsp3) is 0.333. The number of para-hydroxylation sites is 1. The quantitative estimate of drug-likeness (QED) is 0.670. The summed E-state index contributed by atoms with van der Waals surface area (Å²) in [5.41, 5.74) is 0. The molecule has 0 spiro atoms. The average molecular weight is 288 g/mol. The molecule has 0 aliphatic carbocycles. The predicted molar refractivity (Wildman–Crippen MR) is 74.4 cm³/mol. The van der Waals surface area contributed by atoms with Gasteiger partial charge >= 0.3 is 5.97 Å². The summed E-state index contributed by atoms with van der Waals surface area (Å²) in [6.07, 6.45) is 2.24. The summed E-state index contributed by atoms with van der Waals surface area (Å²) in [6, 6.07) is 10.6. The van der Waals surface area contributed by atoms with E-state index < -0.39 is 5.97 Å². The van der Waals surface area contributed by atoms with Crippen LogP contribution in [0.5, 0.6) is 11.6 Å². The first-order valence-electron chi connectivity index (χ1n) is 6.91. The Morgan fingerprint density at radius 3 is 3.00 bits per heavy atom. The molecule has 1 saturated heterocycles. The Labute approximate surface area is 122 Å². The minimum absolute atomic E-state index is 0.0215. The smallest absolute Gasteiger partial charge is 0.382 e. The van der Waals surface area contributed by atoms with Crippen LogP contribution in [-0.2, 0) is 0 Å². The number of carbonyl (C=O) groups excluding carboxylic acids is 1. The molecule has 0 bridgehead atoms. The van der Waals surface area contributed by atoms with Gasteiger partial charge in [0.1, 0.15) is 12.4 Å². The van der Waals surface area contributed by atoms with Crippen molar-refractivity contribution >= 4 is 5.97 Å². The van der Waals surface area contributed by atoms with Crippen LogP contribution in [0.2, 0.25) is 0 Å². The molecule has 1 aliphatic rings. The van der Waals surface area contributed by atoms with Crippen LogP contribution in [0, 0.1) is 0 Å². The van der Waals surface area contributed by atoms with Gasteiger partial charge in [-0.05, 0) is 36.7 Å². The van der Waals surface area contributed by atoms with E-state index in [0.717, 1.165) is 19.4 Å². The van der Waals surface area contributed by atoms with Crippen LogP contribution in [0.25, 0.3) is 0 Å². The second kappa shape index (κ2) is 6.41. The molecule has 1 aromatic heterocycles. The fourth-order valence-corrected chi connectivity index (χ4v) is 2.15. The first kappa shape index (κ1) is 13.6. The molecule has 1 aromatic carbocycles. The summed E-state index contributed by atoms with van der Waals surface area (Å²) in [4.78, 5) is 11.9. The number of hydrogen-bond acceptors (Lipinski definition) is 6. The largest absolute Gasteiger partial charge is 0.474 e. The normalized spacial score (nSPS) is 17.6. The molecule has 6 nitrogen and oxygen atoms in total. The van der Waals surface area contributed by atoms with Crippen LogP contribution in [0.15, 0.2) is 40.9 Å². The van der Waals surface area contributed by atoms with Crippen LogP contribution in [0.3, 0.4) is 0 Å². The Kier molecular flexibility index (Phi) is 4.16. The van der Waals surface area contributed by atoms with Gasteiger partial charge in [-0.2, -0.15) is 0 Å². The monoisotopic (exact) mass is 288 g/mol. The second-order valence-corrected chi connectivity index (χ2v) is 4.84. The predicted octanol–water partition coefficient (Wildman–Crippen LogP) is 2.02. The highest BCUT2D eigenvalue weighted by atomic mass is 16.6. The van der Waals surface area contributed by atoms with E-state index in [9.17, 15) is 4.79 Å². The minimum Gasteiger partial charge on any atom is -0.474 e. The van der Waals surface area contributed by atoms with E-state index in [-0.39, 0.29) is 5.76 Å². The van der Waals surface area contributed by atoms with Gasteiger partial charge in [-0.25, -0.2) is 4.79 Å². The maximum atomic E-state index is 11.9. The van der Waals surface area contributed by atoms with Gasteiger partial charge in [-0.15, -0.1) is 0 Å². The van der Waals surface area contributed by atoms with Gasteiger partial charge in [0.2, 0.25) is 5.76 Å². The Bertz CT molecular complexity index is 591. The van der Waals surface area contributed by atoms with E-state index in [1.54, 1.807) is 24.3 Å². The second-order valence-electron chi connectivity index (χ2n) is 4.84. The molecule has 2 heterocycles. The molecule has 6 heteroatoms. The summed E-state index contributed by atoms with van der Waals surface area (Å²) < 4.78 is 15.6. The van der Waals surface area contributed by atoms with Crippen molar-refractivity contribution in [2.24, 2.45) is 0 Å². The lowest BCUT2D eigenvalue weighted by Crippen LogP contribution is -2.28. The Morgan fingerprint density at radius 2 is 2.24 bits per heavy atom. The lowest BCUT2D eigenvalue weighted by Gasteiger charge is -2.08. The highest BCUT2D eigenvalue weighted by Gasteiger charge is 2.18. The first-order chi connectivity index (χ1) is 10.3. The lowest BCUT2D eigenvalue weighted by atomic mass is 10.2. The SMILES string of the molecule is O=C(Oc1ccccc1)c1cc(OC[C@@H]2CCCN2)no1. The number of rotatable bonds is 5. The van der Waals surface area contributed by atoms with E-state index in [0.29, 0.717) is 24.3 Å². The van der Waals surface area contributed by atoms with Crippen LogP contribution < -0.4 is 14.8 Å². The molecule has 1 atom stereocenters. The van der Waals surface area contributed by atoms with Gasteiger partial charge in [0, 0.05) is 6.04 Å². The van der Waals surface area contributed by atoms with Gasteiger partial charge in [0.15, 0.2) is 0 Å². The zero-order chi connectivity index (χ0) is 14.5. The Morgan fingerprint density at radius 1 is 1.38 bits per heavy atom.